The molecule has 1 aromatic heterocycles. The number of rotatable bonds is 3. The summed E-state index contributed by atoms with van der Waals surface area (Å²) >= 11 is 13.6. The summed E-state index contributed by atoms with van der Waals surface area (Å²) in [6.07, 6.45) is 2.76. The van der Waals surface area contributed by atoms with E-state index in [4.69, 9.17) is 23.2 Å². The second kappa shape index (κ2) is 6.02. The number of hydrogen-bond donors (Lipinski definition) is 0. The minimum atomic E-state index is -0.293. The summed E-state index contributed by atoms with van der Waals surface area (Å²) in [6, 6.07) is 4.63. The first-order valence-electron chi connectivity index (χ1n) is 5.17. The minimum Gasteiger partial charge on any atom is -0.292 e. The van der Waals surface area contributed by atoms with Crippen molar-refractivity contribution in [2.75, 3.05) is 0 Å². The maximum Gasteiger partial charge on any atom is 0.267 e. The smallest absolute Gasteiger partial charge is 0.267 e. The van der Waals surface area contributed by atoms with Crippen LogP contribution in [0.5, 0.6) is 0 Å². The molecule has 0 bridgehead atoms. The number of carbonyl (C=O) groups is 1. The van der Waals surface area contributed by atoms with Crippen molar-refractivity contribution in [2.45, 2.75) is 6.54 Å². The Hall–Kier alpha value is -0.920. The Balaban J connectivity index is 2.33. The first kappa shape index (κ1) is 14.5. The van der Waals surface area contributed by atoms with Gasteiger partial charge in [-0.1, -0.05) is 23.2 Å². The van der Waals surface area contributed by atoms with Crippen molar-refractivity contribution in [2.24, 2.45) is 0 Å². The molecule has 2 aromatic rings. The highest BCUT2D eigenvalue weighted by atomic mass is 127. The average Bonchev–Trinajstić information content (AvgIpc) is 2.38. The van der Waals surface area contributed by atoms with Crippen LogP contribution in [0.15, 0.2) is 35.5 Å². The summed E-state index contributed by atoms with van der Waals surface area (Å²) in [4.78, 5) is 27.8. The van der Waals surface area contributed by atoms with Gasteiger partial charge in [-0.15, -0.1) is 0 Å². The molecule has 0 saturated heterocycles. The molecule has 19 heavy (non-hydrogen) atoms. The molecule has 1 heterocycles. The lowest BCUT2D eigenvalue weighted by Gasteiger charge is -2.06. The molecule has 0 fully saturated rings. The molecule has 0 atom stereocenters. The van der Waals surface area contributed by atoms with Gasteiger partial charge in [0.15, 0.2) is 5.78 Å². The number of aromatic nitrogens is 2. The summed E-state index contributed by atoms with van der Waals surface area (Å²) < 4.78 is 1.69. The van der Waals surface area contributed by atoms with Crippen LogP contribution in [-0.2, 0) is 6.54 Å². The third-order valence-corrected chi connectivity index (χ3v) is 3.71. The molecule has 0 aliphatic heterocycles. The third kappa shape index (κ3) is 3.34. The van der Waals surface area contributed by atoms with Crippen LogP contribution < -0.4 is 5.56 Å². The van der Waals surface area contributed by atoms with E-state index < -0.39 is 0 Å². The summed E-state index contributed by atoms with van der Waals surface area (Å²) in [6.45, 7) is -0.122. The van der Waals surface area contributed by atoms with Crippen LogP contribution in [0.4, 0.5) is 0 Å². The van der Waals surface area contributed by atoms with Crippen molar-refractivity contribution in [1.82, 2.24) is 9.55 Å². The van der Waals surface area contributed by atoms with Gasteiger partial charge in [-0.25, -0.2) is 4.98 Å². The Bertz CT molecular complexity index is 700. The third-order valence-electron chi connectivity index (χ3n) is 2.40. The van der Waals surface area contributed by atoms with Gasteiger partial charge in [0.25, 0.3) is 5.56 Å². The molecule has 0 unspecified atom stereocenters. The number of halogens is 3. The number of nitrogens with zero attached hydrogens (tertiary/aromatic N) is 2. The standard InChI is InChI=1S/C12H7Cl2IN2O2/c13-7-1-2-9(14)8(3-7)11(18)5-17-6-16-4-10(15)12(17)19/h1-4,6H,5H2. The second-order valence-electron chi connectivity index (χ2n) is 3.72. The van der Waals surface area contributed by atoms with Gasteiger partial charge in [-0.2, -0.15) is 0 Å². The molecule has 0 amide bonds. The average molecular weight is 409 g/mol. The maximum atomic E-state index is 12.1. The molecule has 0 spiro atoms. The van der Waals surface area contributed by atoms with E-state index in [1.807, 2.05) is 22.6 Å². The number of benzene rings is 1. The van der Waals surface area contributed by atoms with Gasteiger partial charge >= 0.3 is 0 Å². The van der Waals surface area contributed by atoms with Crippen LogP contribution in [0.25, 0.3) is 0 Å². The molecular formula is C12H7Cl2IN2O2. The molecule has 0 aliphatic carbocycles. The van der Waals surface area contributed by atoms with Gasteiger partial charge < -0.3 is 0 Å². The van der Waals surface area contributed by atoms with E-state index in [9.17, 15) is 9.59 Å². The molecule has 0 radical (unpaired) electrons. The molecule has 0 N–H and O–H groups in total. The second-order valence-corrected chi connectivity index (χ2v) is 5.73. The number of hydrogen-bond acceptors (Lipinski definition) is 3. The molecule has 98 valence electrons. The largest absolute Gasteiger partial charge is 0.292 e. The summed E-state index contributed by atoms with van der Waals surface area (Å²) in [5.74, 6) is -0.293. The van der Waals surface area contributed by atoms with E-state index in [2.05, 4.69) is 4.98 Å². The first-order chi connectivity index (χ1) is 8.99. The van der Waals surface area contributed by atoms with Gasteiger partial charge in [0, 0.05) is 16.8 Å². The zero-order valence-corrected chi connectivity index (χ0v) is 13.1. The van der Waals surface area contributed by atoms with E-state index in [1.165, 1.54) is 23.2 Å². The van der Waals surface area contributed by atoms with Crippen LogP contribution in [-0.4, -0.2) is 15.3 Å². The number of ketones is 1. The molecule has 1 aromatic carbocycles. The van der Waals surface area contributed by atoms with Crippen molar-refractivity contribution in [3.8, 4) is 0 Å². The molecule has 0 aliphatic rings. The van der Waals surface area contributed by atoms with Crippen LogP contribution in [0.3, 0.4) is 0 Å². The fraction of sp³-hybridized carbons (Fsp3) is 0.0833. The number of Topliss-reactive ketones (excluding diaryl/α,β-unsaturated/α-hetero) is 1. The van der Waals surface area contributed by atoms with E-state index in [-0.39, 0.29) is 17.9 Å². The lowest BCUT2D eigenvalue weighted by Crippen LogP contribution is -2.26. The van der Waals surface area contributed by atoms with Crippen LogP contribution in [0.2, 0.25) is 10.0 Å². The highest BCUT2D eigenvalue weighted by Crippen LogP contribution is 2.21. The zero-order valence-electron chi connectivity index (χ0n) is 9.44. The zero-order chi connectivity index (χ0) is 14.0. The number of carbonyl (C=O) groups excluding carboxylic acids is 1. The van der Waals surface area contributed by atoms with Gasteiger partial charge in [0.1, 0.15) is 0 Å². The van der Waals surface area contributed by atoms with E-state index >= 15 is 0 Å². The van der Waals surface area contributed by atoms with Gasteiger partial charge in [-0.3, -0.25) is 14.2 Å². The quantitative estimate of drug-likeness (QED) is 0.579. The molecule has 0 saturated carbocycles. The monoisotopic (exact) mass is 408 g/mol. The first-order valence-corrected chi connectivity index (χ1v) is 7.00. The predicted octanol–water partition coefficient (Wildman–Crippen LogP) is 3.04. The topological polar surface area (TPSA) is 52.0 Å². The lowest BCUT2D eigenvalue weighted by molar-refractivity contribution is 0.0970. The Morgan fingerprint density at radius 1 is 1.37 bits per heavy atom. The van der Waals surface area contributed by atoms with Gasteiger partial charge in [0.05, 0.1) is 21.5 Å². The van der Waals surface area contributed by atoms with E-state index in [0.717, 1.165) is 0 Å². The SMILES string of the molecule is O=C(Cn1cncc(I)c1=O)c1cc(Cl)ccc1Cl. The van der Waals surface area contributed by atoms with Crippen molar-refractivity contribution >= 4 is 51.6 Å². The molecule has 7 heteroatoms. The highest BCUT2D eigenvalue weighted by Gasteiger charge is 2.13. The van der Waals surface area contributed by atoms with Crippen molar-refractivity contribution in [1.29, 1.82) is 0 Å². The van der Waals surface area contributed by atoms with Crippen LogP contribution in [0, 0.1) is 3.57 Å². The summed E-state index contributed by atoms with van der Waals surface area (Å²) in [7, 11) is 0. The maximum absolute atomic E-state index is 12.1. The fourth-order valence-corrected chi connectivity index (χ4v) is 2.35. The van der Waals surface area contributed by atoms with Crippen molar-refractivity contribution < 1.29 is 4.79 Å². The highest BCUT2D eigenvalue weighted by molar-refractivity contribution is 14.1. The lowest BCUT2D eigenvalue weighted by atomic mass is 10.1. The Kier molecular flexibility index (Phi) is 4.59. The Morgan fingerprint density at radius 3 is 2.84 bits per heavy atom. The molecule has 4 nitrogen and oxygen atoms in total. The Labute approximate surface area is 132 Å². The normalized spacial score (nSPS) is 10.5. The van der Waals surface area contributed by atoms with E-state index in [1.54, 1.807) is 12.1 Å². The molecular weight excluding hydrogens is 402 g/mol. The van der Waals surface area contributed by atoms with Crippen molar-refractivity contribution in [3.63, 3.8) is 0 Å². The van der Waals surface area contributed by atoms with Crippen LogP contribution in [0.1, 0.15) is 10.4 Å². The van der Waals surface area contributed by atoms with Gasteiger partial charge in [0.2, 0.25) is 0 Å². The molecule has 2 rings (SSSR count). The summed E-state index contributed by atoms with van der Waals surface area (Å²) in [5, 5.41) is 0.724. The van der Waals surface area contributed by atoms with Crippen LogP contribution >= 0.6 is 45.8 Å². The van der Waals surface area contributed by atoms with Crippen molar-refractivity contribution in [3.05, 3.63) is 60.3 Å². The van der Waals surface area contributed by atoms with E-state index in [0.29, 0.717) is 19.2 Å². The Morgan fingerprint density at radius 2 is 2.11 bits per heavy atom. The minimum absolute atomic E-state index is 0.122. The van der Waals surface area contributed by atoms with Gasteiger partial charge in [-0.05, 0) is 40.8 Å². The summed E-state index contributed by atoms with van der Waals surface area (Å²) in [5.41, 5.74) is 0.0297. The fourth-order valence-electron chi connectivity index (χ4n) is 1.49. The predicted molar refractivity (Wildman–Crippen MR) is 82.0 cm³/mol.